The molecule has 0 N–H and O–H groups in total. The normalized spacial score (nSPS) is 12.3. The summed E-state index contributed by atoms with van der Waals surface area (Å²) in [5, 5.41) is 0. The van der Waals surface area contributed by atoms with Crippen LogP contribution < -0.4 is 0 Å². The number of methoxy groups -OCH3 is 1. The quantitative estimate of drug-likeness (QED) is 0.375. The van der Waals surface area contributed by atoms with Crippen molar-refractivity contribution in [2.24, 2.45) is 5.92 Å². The zero-order valence-electron chi connectivity index (χ0n) is 14.0. The van der Waals surface area contributed by atoms with E-state index in [4.69, 9.17) is 13.9 Å². The highest BCUT2D eigenvalue weighted by atomic mass is 16.5. The van der Waals surface area contributed by atoms with Crippen LogP contribution in [-0.4, -0.2) is 50.2 Å². The van der Waals surface area contributed by atoms with Crippen molar-refractivity contribution in [3.05, 3.63) is 30.2 Å². The molecule has 128 valence electrons. The molecule has 0 bridgehead atoms. The fourth-order valence-electron chi connectivity index (χ4n) is 2.04. The molecule has 1 atom stereocenters. The Morgan fingerprint density at radius 3 is 2.83 bits per heavy atom. The molecule has 0 aliphatic carbocycles. The van der Waals surface area contributed by atoms with Crippen molar-refractivity contribution in [2.45, 2.75) is 20.3 Å². The predicted molar refractivity (Wildman–Crippen MR) is 86.6 cm³/mol. The zero-order chi connectivity index (χ0) is 17.1. The molecule has 23 heavy (non-hydrogen) atoms. The average Bonchev–Trinajstić information content (AvgIpc) is 3.07. The fraction of sp³-hybridized carbons (Fsp3) is 0.529. The number of amides is 1. The third-order valence-corrected chi connectivity index (χ3v) is 3.26. The van der Waals surface area contributed by atoms with Gasteiger partial charge in [-0.15, -0.1) is 0 Å². The lowest BCUT2D eigenvalue weighted by atomic mass is 10.1. The summed E-state index contributed by atoms with van der Waals surface area (Å²) in [4.78, 5) is 25.6. The first-order valence-electron chi connectivity index (χ1n) is 7.74. The Balaban J connectivity index is 2.64. The molecule has 0 fully saturated rings. The molecule has 0 saturated heterocycles. The van der Waals surface area contributed by atoms with E-state index in [2.05, 4.69) is 0 Å². The smallest absolute Gasteiger partial charge is 0.310 e. The molecule has 1 aromatic heterocycles. The van der Waals surface area contributed by atoms with Gasteiger partial charge >= 0.3 is 5.97 Å². The number of furan rings is 1. The summed E-state index contributed by atoms with van der Waals surface area (Å²) in [6, 6.07) is 3.52. The maximum atomic E-state index is 12.4. The molecular weight excluding hydrogens is 298 g/mol. The van der Waals surface area contributed by atoms with E-state index >= 15 is 0 Å². The maximum absolute atomic E-state index is 12.4. The van der Waals surface area contributed by atoms with Gasteiger partial charge in [-0.05, 0) is 31.6 Å². The van der Waals surface area contributed by atoms with Crippen LogP contribution in [0.3, 0.4) is 0 Å². The van der Waals surface area contributed by atoms with Crippen LogP contribution in [0.15, 0.2) is 28.9 Å². The Kier molecular flexibility index (Phi) is 8.75. The van der Waals surface area contributed by atoms with Crippen molar-refractivity contribution >= 4 is 18.0 Å². The molecule has 0 radical (unpaired) electrons. The maximum Gasteiger partial charge on any atom is 0.310 e. The first-order chi connectivity index (χ1) is 11.1. The zero-order valence-corrected chi connectivity index (χ0v) is 14.0. The van der Waals surface area contributed by atoms with Crippen molar-refractivity contribution < 1.29 is 23.5 Å². The molecule has 0 aliphatic rings. The third kappa shape index (κ3) is 7.15. The van der Waals surface area contributed by atoms with E-state index in [9.17, 15) is 9.59 Å². The molecule has 0 spiro atoms. The van der Waals surface area contributed by atoms with Crippen LogP contribution in [0.5, 0.6) is 0 Å². The van der Waals surface area contributed by atoms with Gasteiger partial charge in [0.25, 0.3) is 0 Å². The van der Waals surface area contributed by atoms with Gasteiger partial charge in [-0.1, -0.05) is 6.92 Å². The van der Waals surface area contributed by atoms with Crippen molar-refractivity contribution in [1.82, 2.24) is 4.90 Å². The van der Waals surface area contributed by atoms with E-state index in [1.165, 1.54) is 13.2 Å². The Morgan fingerprint density at radius 2 is 2.22 bits per heavy atom. The second-order valence-electron chi connectivity index (χ2n) is 5.11. The first-order valence-corrected chi connectivity index (χ1v) is 7.74. The summed E-state index contributed by atoms with van der Waals surface area (Å²) in [5.41, 5.74) is 0. The van der Waals surface area contributed by atoms with E-state index in [1.54, 1.807) is 36.3 Å². The molecule has 0 aromatic carbocycles. The second kappa shape index (κ2) is 10.6. The van der Waals surface area contributed by atoms with Crippen molar-refractivity contribution in [3.63, 3.8) is 0 Å². The Hall–Kier alpha value is -2.08. The molecule has 1 heterocycles. The molecule has 0 unspecified atom stereocenters. The number of ether oxygens (including phenoxy) is 2. The van der Waals surface area contributed by atoms with Crippen LogP contribution in [0.25, 0.3) is 6.08 Å². The molecular formula is C17H25NO5. The number of hydrogen-bond donors (Lipinski definition) is 0. The minimum Gasteiger partial charge on any atom is -0.469 e. The fourth-order valence-corrected chi connectivity index (χ4v) is 2.04. The minimum atomic E-state index is -0.381. The van der Waals surface area contributed by atoms with Gasteiger partial charge in [0, 0.05) is 32.4 Å². The van der Waals surface area contributed by atoms with Crippen LogP contribution in [0, 0.1) is 5.92 Å². The van der Waals surface area contributed by atoms with Crippen LogP contribution in [-0.2, 0) is 19.1 Å². The van der Waals surface area contributed by atoms with Crippen LogP contribution in [0.4, 0.5) is 0 Å². The Bertz CT molecular complexity index is 495. The highest BCUT2D eigenvalue weighted by Crippen LogP contribution is 2.07. The van der Waals surface area contributed by atoms with Crippen molar-refractivity contribution in [3.8, 4) is 0 Å². The summed E-state index contributed by atoms with van der Waals surface area (Å²) in [7, 11) is 1.34. The monoisotopic (exact) mass is 323 g/mol. The highest BCUT2D eigenvalue weighted by molar-refractivity contribution is 5.91. The van der Waals surface area contributed by atoms with Gasteiger partial charge < -0.3 is 18.8 Å². The topological polar surface area (TPSA) is 69.0 Å². The lowest BCUT2D eigenvalue weighted by Crippen LogP contribution is -2.37. The second-order valence-corrected chi connectivity index (χ2v) is 5.11. The lowest BCUT2D eigenvalue weighted by Gasteiger charge is -2.23. The average molecular weight is 323 g/mol. The van der Waals surface area contributed by atoms with E-state index in [0.717, 1.165) is 0 Å². The standard InChI is InChI=1S/C17H25NO5/c1-4-22-11-6-10-18(13-14(2)17(20)21-3)16(19)9-8-15-7-5-12-23-15/h5,7-9,12,14H,4,6,10-11,13H2,1-3H3/b9-8-/t14-/m0/s1. The van der Waals surface area contributed by atoms with E-state index < -0.39 is 0 Å². The van der Waals surface area contributed by atoms with Gasteiger partial charge in [-0.25, -0.2) is 0 Å². The summed E-state index contributed by atoms with van der Waals surface area (Å²) < 4.78 is 15.2. The first kappa shape index (κ1) is 19.0. The number of esters is 1. The molecule has 0 aliphatic heterocycles. The molecule has 1 amide bonds. The van der Waals surface area contributed by atoms with E-state index in [-0.39, 0.29) is 17.8 Å². The largest absolute Gasteiger partial charge is 0.469 e. The molecule has 6 heteroatoms. The Labute approximate surface area is 137 Å². The van der Waals surface area contributed by atoms with Gasteiger partial charge in [-0.3, -0.25) is 9.59 Å². The molecule has 1 aromatic rings. The minimum absolute atomic E-state index is 0.173. The number of hydrogen-bond acceptors (Lipinski definition) is 5. The van der Waals surface area contributed by atoms with Gasteiger partial charge in [-0.2, -0.15) is 0 Å². The van der Waals surface area contributed by atoms with Crippen molar-refractivity contribution in [1.29, 1.82) is 0 Å². The summed E-state index contributed by atoms with van der Waals surface area (Å²) in [5.74, 6) is -0.280. The van der Waals surface area contributed by atoms with Crippen LogP contribution in [0.2, 0.25) is 0 Å². The SMILES string of the molecule is CCOCCCN(C[C@H](C)C(=O)OC)C(=O)/C=C\c1ccco1. The van der Waals surface area contributed by atoms with E-state index in [0.29, 0.717) is 38.5 Å². The van der Waals surface area contributed by atoms with Gasteiger partial charge in [0.2, 0.25) is 5.91 Å². The van der Waals surface area contributed by atoms with Crippen molar-refractivity contribution in [2.75, 3.05) is 33.4 Å². The van der Waals surface area contributed by atoms with E-state index in [1.807, 2.05) is 6.92 Å². The summed E-state index contributed by atoms with van der Waals surface area (Å²) in [6.45, 7) is 5.71. The summed E-state index contributed by atoms with van der Waals surface area (Å²) >= 11 is 0. The molecule has 1 rings (SSSR count). The molecule has 6 nitrogen and oxygen atoms in total. The number of nitrogens with zero attached hydrogens (tertiary/aromatic N) is 1. The van der Waals surface area contributed by atoms with Crippen LogP contribution >= 0.6 is 0 Å². The Morgan fingerprint density at radius 1 is 1.43 bits per heavy atom. The van der Waals surface area contributed by atoms with Gasteiger partial charge in [0.05, 0.1) is 19.3 Å². The predicted octanol–water partition coefficient (Wildman–Crippen LogP) is 2.36. The number of carbonyl (C=O) groups excluding carboxylic acids is 2. The highest BCUT2D eigenvalue weighted by Gasteiger charge is 2.20. The number of carbonyl (C=O) groups is 2. The van der Waals surface area contributed by atoms with Gasteiger partial charge in [0.1, 0.15) is 5.76 Å². The lowest BCUT2D eigenvalue weighted by molar-refractivity contribution is -0.146. The molecule has 0 saturated carbocycles. The van der Waals surface area contributed by atoms with Gasteiger partial charge in [0.15, 0.2) is 0 Å². The third-order valence-electron chi connectivity index (χ3n) is 3.26. The number of rotatable bonds is 10. The summed E-state index contributed by atoms with van der Waals surface area (Å²) in [6.07, 6.45) is 5.32. The van der Waals surface area contributed by atoms with Crippen LogP contribution in [0.1, 0.15) is 26.0 Å².